The van der Waals surface area contributed by atoms with Gasteiger partial charge in [-0.2, -0.15) is 0 Å². The second-order valence-corrected chi connectivity index (χ2v) is 3.39. The van der Waals surface area contributed by atoms with E-state index in [0.717, 1.165) is 31.2 Å². The molecule has 1 atom stereocenters. The van der Waals surface area contributed by atoms with Crippen LogP contribution in [0.1, 0.15) is 24.8 Å². The molecular formula is C10H12O2. The number of hydrogen-bond donors (Lipinski definition) is 0. The molecule has 1 saturated carbocycles. The second-order valence-electron chi connectivity index (χ2n) is 3.39. The summed E-state index contributed by atoms with van der Waals surface area (Å²) in [6.07, 6.45) is 7.17. The van der Waals surface area contributed by atoms with Gasteiger partial charge >= 0.3 is 0 Å². The maximum absolute atomic E-state index is 11.3. The van der Waals surface area contributed by atoms with E-state index in [1.165, 1.54) is 0 Å². The molecule has 0 aliphatic heterocycles. The Kier molecular flexibility index (Phi) is 1.98. The smallest absolute Gasteiger partial charge is 0.136 e. The molecule has 1 aliphatic carbocycles. The zero-order valence-corrected chi connectivity index (χ0v) is 6.95. The van der Waals surface area contributed by atoms with Crippen LogP contribution in [-0.4, -0.2) is 5.78 Å². The van der Waals surface area contributed by atoms with Gasteiger partial charge in [-0.1, -0.05) is 0 Å². The molecular weight excluding hydrogens is 152 g/mol. The minimum absolute atomic E-state index is 0.266. The first-order valence-corrected chi connectivity index (χ1v) is 4.40. The first-order chi connectivity index (χ1) is 5.86. The van der Waals surface area contributed by atoms with Crippen LogP contribution >= 0.6 is 0 Å². The quantitative estimate of drug-likeness (QED) is 0.670. The summed E-state index contributed by atoms with van der Waals surface area (Å²) in [6, 6.07) is 1.94. The highest BCUT2D eigenvalue weighted by molar-refractivity contribution is 5.83. The van der Waals surface area contributed by atoms with Crippen LogP contribution in [0.25, 0.3) is 0 Å². The molecule has 0 bridgehead atoms. The summed E-state index contributed by atoms with van der Waals surface area (Å²) in [4.78, 5) is 11.3. The molecule has 0 N–H and O–H groups in total. The van der Waals surface area contributed by atoms with Gasteiger partial charge in [0.05, 0.1) is 12.5 Å². The summed E-state index contributed by atoms with van der Waals surface area (Å²) >= 11 is 0. The molecule has 0 saturated heterocycles. The number of Topliss-reactive ketones (excluding diaryl/α,β-unsaturated/α-hetero) is 1. The van der Waals surface area contributed by atoms with Crippen LogP contribution in [0.2, 0.25) is 0 Å². The van der Waals surface area contributed by atoms with E-state index in [1.807, 2.05) is 6.07 Å². The van der Waals surface area contributed by atoms with Gasteiger partial charge in [-0.3, -0.25) is 4.79 Å². The molecule has 0 aromatic carbocycles. The van der Waals surface area contributed by atoms with Crippen molar-refractivity contribution in [3.8, 4) is 0 Å². The van der Waals surface area contributed by atoms with Gasteiger partial charge in [-0.05, 0) is 30.9 Å². The zero-order chi connectivity index (χ0) is 8.39. The summed E-state index contributed by atoms with van der Waals surface area (Å²) in [5.41, 5.74) is 1.15. The average molecular weight is 164 g/mol. The highest BCUT2D eigenvalue weighted by Crippen LogP contribution is 2.24. The standard InChI is InChI=1S/C10H12O2/c11-10-3-1-2-9(10)6-8-4-5-12-7-8/h4-5,7,9H,1-3,6H2. The van der Waals surface area contributed by atoms with Crippen molar-refractivity contribution in [3.05, 3.63) is 24.2 Å². The van der Waals surface area contributed by atoms with Crippen LogP contribution < -0.4 is 0 Å². The van der Waals surface area contributed by atoms with E-state index in [0.29, 0.717) is 5.78 Å². The molecule has 1 fully saturated rings. The predicted octanol–water partition coefficient (Wildman–Crippen LogP) is 2.19. The number of carbonyl (C=O) groups excluding carboxylic acids is 1. The van der Waals surface area contributed by atoms with Gasteiger partial charge in [0, 0.05) is 12.3 Å². The highest BCUT2D eigenvalue weighted by atomic mass is 16.3. The van der Waals surface area contributed by atoms with Gasteiger partial charge in [0.2, 0.25) is 0 Å². The topological polar surface area (TPSA) is 30.2 Å². The van der Waals surface area contributed by atoms with E-state index >= 15 is 0 Å². The molecule has 1 unspecified atom stereocenters. The number of hydrogen-bond acceptors (Lipinski definition) is 2. The Morgan fingerprint density at radius 2 is 2.50 bits per heavy atom. The number of carbonyl (C=O) groups is 1. The van der Waals surface area contributed by atoms with Crippen LogP contribution in [0.5, 0.6) is 0 Å². The maximum Gasteiger partial charge on any atom is 0.136 e. The minimum Gasteiger partial charge on any atom is -0.472 e. The van der Waals surface area contributed by atoms with Crippen LogP contribution in [0.4, 0.5) is 0 Å². The van der Waals surface area contributed by atoms with Crippen LogP contribution in [0, 0.1) is 5.92 Å². The van der Waals surface area contributed by atoms with E-state index in [1.54, 1.807) is 12.5 Å². The fourth-order valence-corrected chi connectivity index (χ4v) is 1.80. The fourth-order valence-electron chi connectivity index (χ4n) is 1.80. The second kappa shape index (κ2) is 3.13. The van der Waals surface area contributed by atoms with E-state index in [-0.39, 0.29) is 5.92 Å². The molecule has 0 spiro atoms. The molecule has 2 rings (SSSR count). The molecule has 0 amide bonds. The monoisotopic (exact) mass is 164 g/mol. The third-order valence-electron chi connectivity index (χ3n) is 2.49. The lowest BCUT2D eigenvalue weighted by molar-refractivity contribution is -0.120. The SMILES string of the molecule is O=C1CCCC1Cc1ccoc1. The lowest BCUT2D eigenvalue weighted by Gasteiger charge is -2.03. The minimum atomic E-state index is 0.266. The van der Waals surface area contributed by atoms with Crippen LogP contribution in [0.15, 0.2) is 23.0 Å². The summed E-state index contributed by atoms with van der Waals surface area (Å²) in [6.45, 7) is 0. The predicted molar refractivity (Wildman–Crippen MR) is 44.8 cm³/mol. The van der Waals surface area contributed by atoms with Gasteiger partial charge < -0.3 is 4.42 Å². The zero-order valence-electron chi connectivity index (χ0n) is 6.95. The van der Waals surface area contributed by atoms with E-state index in [4.69, 9.17) is 4.42 Å². The van der Waals surface area contributed by atoms with Crippen LogP contribution in [-0.2, 0) is 11.2 Å². The number of ketones is 1. The largest absolute Gasteiger partial charge is 0.472 e. The Hall–Kier alpha value is -1.05. The fraction of sp³-hybridized carbons (Fsp3) is 0.500. The van der Waals surface area contributed by atoms with Crippen molar-refractivity contribution in [3.63, 3.8) is 0 Å². The molecule has 1 aromatic heterocycles. The molecule has 1 aliphatic rings. The molecule has 12 heavy (non-hydrogen) atoms. The van der Waals surface area contributed by atoms with Crippen molar-refractivity contribution in [2.75, 3.05) is 0 Å². The summed E-state index contributed by atoms with van der Waals surface area (Å²) < 4.78 is 4.95. The first kappa shape index (κ1) is 7.59. The summed E-state index contributed by atoms with van der Waals surface area (Å²) in [5.74, 6) is 0.693. The molecule has 1 aromatic rings. The van der Waals surface area contributed by atoms with Gasteiger partial charge in [0.1, 0.15) is 5.78 Å². The van der Waals surface area contributed by atoms with E-state index < -0.39 is 0 Å². The third-order valence-corrected chi connectivity index (χ3v) is 2.49. The molecule has 2 nitrogen and oxygen atoms in total. The molecule has 2 heteroatoms. The Bertz CT molecular complexity index is 261. The Labute approximate surface area is 71.6 Å². The lowest BCUT2D eigenvalue weighted by Crippen LogP contribution is -2.08. The summed E-state index contributed by atoms with van der Waals surface area (Å²) in [7, 11) is 0. The van der Waals surface area contributed by atoms with Crippen molar-refractivity contribution in [1.82, 2.24) is 0 Å². The van der Waals surface area contributed by atoms with Gasteiger partial charge in [0.25, 0.3) is 0 Å². The Balaban J connectivity index is 1.99. The molecule has 1 heterocycles. The van der Waals surface area contributed by atoms with E-state index in [2.05, 4.69) is 0 Å². The maximum atomic E-state index is 11.3. The van der Waals surface area contributed by atoms with Gasteiger partial charge in [0.15, 0.2) is 0 Å². The van der Waals surface area contributed by atoms with Crippen molar-refractivity contribution in [1.29, 1.82) is 0 Å². The van der Waals surface area contributed by atoms with Gasteiger partial charge in [-0.15, -0.1) is 0 Å². The van der Waals surface area contributed by atoms with E-state index in [9.17, 15) is 4.79 Å². The average Bonchev–Trinajstić information content (AvgIpc) is 2.65. The van der Waals surface area contributed by atoms with Crippen molar-refractivity contribution >= 4 is 5.78 Å². The molecule has 64 valence electrons. The normalized spacial score (nSPS) is 23.3. The van der Waals surface area contributed by atoms with Gasteiger partial charge in [-0.25, -0.2) is 0 Å². The van der Waals surface area contributed by atoms with Crippen LogP contribution in [0.3, 0.4) is 0 Å². The Morgan fingerprint density at radius 1 is 1.58 bits per heavy atom. The number of furan rings is 1. The third kappa shape index (κ3) is 1.42. The lowest BCUT2D eigenvalue weighted by atomic mass is 9.99. The van der Waals surface area contributed by atoms with Crippen molar-refractivity contribution < 1.29 is 9.21 Å². The number of rotatable bonds is 2. The first-order valence-electron chi connectivity index (χ1n) is 4.40. The highest BCUT2D eigenvalue weighted by Gasteiger charge is 2.24. The van der Waals surface area contributed by atoms with Crippen molar-refractivity contribution in [2.45, 2.75) is 25.7 Å². The Morgan fingerprint density at radius 3 is 3.08 bits per heavy atom. The molecule has 0 radical (unpaired) electrons. The van der Waals surface area contributed by atoms with Crippen molar-refractivity contribution in [2.24, 2.45) is 5.92 Å². The summed E-state index contributed by atoms with van der Waals surface area (Å²) in [5, 5.41) is 0.